The normalized spacial score (nSPS) is 10.2. The van der Waals surface area contributed by atoms with Crippen LogP contribution in [0, 0.1) is 0 Å². The van der Waals surface area contributed by atoms with Gasteiger partial charge in [0.05, 0.1) is 21.3 Å². The SMILES string of the molecule is CNCCNCc1cc(OC)c(OC)cc1OC. The number of likely N-dealkylation sites (N-methyl/N-ethyl adjacent to an activating group) is 1. The Labute approximate surface area is 108 Å². The Morgan fingerprint density at radius 1 is 0.889 bits per heavy atom. The summed E-state index contributed by atoms with van der Waals surface area (Å²) in [5.74, 6) is 2.18. The molecule has 0 heterocycles. The average Bonchev–Trinajstić information content (AvgIpc) is 2.42. The summed E-state index contributed by atoms with van der Waals surface area (Å²) in [6.45, 7) is 2.55. The first-order valence-corrected chi connectivity index (χ1v) is 5.91. The van der Waals surface area contributed by atoms with E-state index in [0.29, 0.717) is 11.5 Å². The summed E-state index contributed by atoms with van der Waals surface area (Å²) in [5, 5.41) is 6.41. The molecule has 0 spiro atoms. The number of methoxy groups -OCH3 is 3. The van der Waals surface area contributed by atoms with E-state index in [0.717, 1.165) is 30.9 Å². The van der Waals surface area contributed by atoms with Crippen molar-refractivity contribution in [3.63, 3.8) is 0 Å². The summed E-state index contributed by atoms with van der Waals surface area (Å²) in [6, 6.07) is 3.78. The minimum absolute atomic E-state index is 0.674. The van der Waals surface area contributed by atoms with Crippen molar-refractivity contribution in [1.29, 1.82) is 0 Å². The van der Waals surface area contributed by atoms with Crippen LogP contribution in [-0.2, 0) is 6.54 Å². The lowest BCUT2D eigenvalue weighted by atomic mass is 10.1. The zero-order valence-electron chi connectivity index (χ0n) is 11.5. The molecule has 0 saturated carbocycles. The van der Waals surface area contributed by atoms with Crippen LogP contribution in [0.25, 0.3) is 0 Å². The quantitative estimate of drug-likeness (QED) is 0.678. The van der Waals surface area contributed by atoms with E-state index in [1.54, 1.807) is 21.3 Å². The van der Waals surface area contributed by atoms with Crippen molar-refractivity contribution < 1.29 is 14.2 Å². The Morgan fingerprint density at radius 3 is 2.06 bits per heavy atom. The van der Waals surface area contributed by atoms with Gasteiger partial charge in [-0.05, 0) is 13.1 Å². The van der Waals surface area contributed by atoms with Gasteiger partial charge in [-0.3, -0.25) is 0 Å². The highest BCUT2D eigenvalue weighted by Gasteiger charge is 2.11. The van der Waals surface area contributed by atoms with E-state index in [4.69, 9.17) is 14.2 Å². The predicted molar refractivity (Wildman–Crippen MR) is 71.7 cm³/mol. The summed E-state index contributed by atoms with van der Waals surface area (Å²) in [7, 11) is 6.82. The number of benzene rings is 1. The maximum absolute atomic E-state index is 5.35. The highest BCUT2D eigenvalue weighted by molar-refractivity contribution is 5.50. The van der Waals surface area contributed by atoms with Crippen molar-refractivity contribution in [3.8, 4) is 17.2 Å². The minimum Gasteiger partial charge on any atom is -0.496 e. The fourth-order valence-corrected chi connectivity index (χ4v) is 1.67. The molecule has 5 nitrogen and oxygen atoms in total. The highest BCUT2D eigenvalue weighted by Crippen LogP contribution is 2.34. The molecule has 1 aromatic carbocycles. The van der Waals surface area contributed by atoms with E-state index in [2.05, 4.69) is 10.6 Å². The van der Waals surface area contributed by atoms with Crippen molar-refractivity contribution in [2.24, 2.45) is 0 Å². The molecule has 0 aliphatic rings. The standard InChI is InChI=1S/C13H22N2O3/c1-14-5-6-15-9-10-7-12(17-3)13(18-4)8-11(10)16-2/h7-8,14-15H,5-6,9H2,1-4H3. The first-order valence-electron chi connectivity index (χ1n) is 5.91. The third-order valence-corrected chi connectivity index (χ3v) is 2.65. The number of ether oxygens (including phenoxy) is 3. The van der Waals surface area contributed by atoms with Crippen molar-refractivity contribution in [3.05, 3.63) is 17.7 Å². The van der Waals surface area contributed by atoms with Gasteiger partial charge in [-0.25, -0.2) is 0 Å². The lowest BCUT2D eigenvalue weighted by Gasteiger charge is -2.14. The Hall–Kier alpha value is -1.46. The van der Waals surface area contributed by atoms with Crippen LogP contribution < -0.4 is 24.8 Å². The Balaban J connectivity index is 2.81. The molecule has 0 unspecified atom stereocenters. The van der Waals surface area contributed by atoms with Gasteiger partial charge in [-0.1, -0.05) is 0 Å². The molecule has 0 radical (unpaired) electrons. The summed E-state index contributed by atoms with van der Waals surface area (Å²) >= 11 is 0. The van der Waals surface area contributed by atoms with E-state index in [1.165, 1.54) is 0 Å². The minimum atomic E-state index is 0.674. The molecule has 0 saturated heterocycles. The van der Waals surface area contributed by atoms with Crippen LogP contribution in [0.3, 0.4) is 0 Å². The van der Waals surface area contributed by atoms with Crippen LogP contribution in [0.2, 0.25) is 0 Å². The topological polar surface area (TPSA) is 51.8 Å². The maximum Gasteiger partial charge on any atom is 0.164 e. The lowest BCUT2D eigenvalue weighted by molar-refractivity contribution is 0.347. The van der Waals surface area contributed by atoms with Gasteiger partial charge >= 0.3 is 0 Å². The van der Waals surface area contributed by atoms with Gasteiger partial charge in [0, 0.05) is 31.3 Å². The van der Waals surface area contributed by atoms with Crippen LogP contribution in [-0.4, -0.2) is 41.5 Å². The van der Waals surface area contributed by atoms with Crippen LogP contribution in [0.1, 0.15) is 5.56 Å². The Kier molecular flexibility index (Phi) is 6.32. The molecule has 0 aromatic heterocycles. The number of rotatable bonds is 8. The molecule has 1 rings (SSSR count). The van der Waals surface area contributed by atoms with Crippen LogP contribution in [0.5, 0.6) is 17.2 Å². The molecule has 0 atom stereocenters. The molecule has 0 aliphatic carbocycles. The first kappa shape index (κ1) is 14.6. The Bertz CT molecular complexity index is 369. The van der Waals surface area contributed by atoms with Crippen molar-refractivity contribution in [1.82, 2.24) is 10.6 Å². The van der Waals surface area contributed by atoms with Crippen LogP contribution in [0.15, 0.2) is 12.1 Å². The third-order valence-electron chi connectivity index (χ3n) is 2.65. The largest absolute Gasteiger partial charge is 0.496 e. The smallest absolute Gasteiger partial charge is 0.164 e. The van der Waals surface area contributed by atoms with Crippen molar-refractivity contribution in [2.45, 2.75) is 6.54 Å². The fourth-order valence-electron chi connectivity index (χ4n) is 1.67. The molecular weight excluding hydrogens is 232 g/mol. The molecule has 0 amide bonds. The monoisotopic (exact) mass is 254 g/mol. The zero-order chi connectivity index (χ0) is 13.4. The molecule has 18 heavy (non-hydrogen) atoms. The second kappa shape index (κ2) is 7.79. The van der Waals surface area contributed by atoms with E-state index < -0.39 is 0 Å². The van der Waals surface area contributed by atoms with E-state index >= 15 is 0 Å². The van der Waals surface area contributed by atoms with Gasteiger partial charge in [0.15, 0.2) is 11.5 Å². The molecule has 0 aliphatic heterocycles. The fraction of sp³-hybridized carbons (Fsp3) is 0.538. The van der Waals surface area contributed by atoms with Gasteiger partial charge in [0.1, 0.15) is 5.75 Å². The molecule has 0 fully saturated rings. The number of hydrogen-bond donors (Lipinski definition) is 2. The van der Waals surface area contributed by atoms with Crippen LogP contribution in [0.4, 0.5) is 0 Å². The summed E-state index contributed by atoms with van der Waals surface area (Å²) in [4.78, 5) is 0. The second-order valence-electron chi connectivity index (χ2n) is 3.80. The average molecular weight is 254 g/mol. The van der Waals surface area contributed by atoms with Crippen molar-refractivity contribution in [2.75, 3.05) is 41.5 Å². The van der Waals surface area contributed by atoms with Gasteiger partial charge < -0.3 is 24.8 Å². The molecule has 5 heteroatoms. The summed E-state index contributed by atoms with van der Waals surface area (Å²) < 4.78 is 15.9. The highest BCUT2D eigenvalue weighted by atomic mass is 16.5. The second-order valence-corrected chi connectivity index (χ2v) is 3.80. The molecule has 0 bridgehead atoms. The number of hydrogen-bond acceptors (Lipinski definition) is 5. The van der Waals surface area contributed by atoms with E-state index in [9.17, 15) is 0 Å². The first-order chi connectivity index (χ1) is 8.76. The molecule has 102 valence electrons. The van der Waals surface area contributed by atoms with E-state index in [1.807, 2.05) is 19.2 Å². The molecule has 2 N–H and O–H groups in total. The van der Waals surface area contributed by atoms with E-state index in [-0.39, 0.29) is 0 Å². The maximum atomic E-state index is 5.35. The van der Waals surface area contributed by atoms with Crippen molar-refractivity contribution >= 4 is 0 Å². The zero-order valence-corrected chi connectivity index (χ0v) is 11.5. The van der Waals surface area contributed by atoms with Gasteiger partial charge in [-0.2, -0.15) is 0 Å². The summed E-state index contributed by atoms with van der Waals surface area (Å²) in [6.07, 6.45) is 0. The van der Waals surface area contributed by atoms with Gasteiger partial charge in [0.2, 0.25) is 0 Å². The molecule has 1 aromatic rings. The molecular formula is C13H22N2O3. The van der Waals surface area contributed by atoms with Crippen LogP contribution >= 0.6 is 0 Å². The third kappa shape index (κ3) is 3.78. The lowest BCUT2D eigenvalue weighted by Crippen LogP contribution is -2.24. The predicted octanol–water partition coefficient (Wildman–Crippen LogP) is 1.02. The van der Waals surface area contributed by atoms with Gasteiger partial charge in [0.25, 0.3) is 0 Å². The summed E-state index contributed by atoms with van der Waals surface area (Å²) in [5.41, 5.74) is 1.05. The van der Waals surface area contributed by atoms with Gasteiger partial charge in [-0.15, -0.1) is 0 Å². The number of nitrogens with one attached hydrogen (secondary N) is 2. The Morgan fingerprint density at radius 2 is 1.50 bits per heavy atom.